The minimum atomic E-state index is -0.354. The number of oxazole rings is 1. The second kappa shape index (κ2) is 6.78. The third-order valence-corrected chi connectivity index (χ3v) is 4.29. The lowest BCUT2D eigenvalue weighted by molar-refractivity contribution is 0.102. The predicted octanol–water partition coefficient (Wildman–Crippen LogP) is 5.45. The van der Waals surface area contributed by atoms with Crippen LogP contribution in [0.5, 0.6) is 0 Å². The number of carbonyl (C=O) groups is 1. The van der Waals surface area contributed by atoms with Crippen LogP contribution in [0.15, 0.2) is 65.3 Å². The number of hydrogen-bond acceptors (Lipinski definition) is 4. The van der Waals surface area contributed by atoms with Gasteiger partial charge in [0.2, 0.25) is 5.89 Å². The van der Waals surface area contributed by atoms with Gasteiger partial charge in [-0.05, 0) is 48.5 Å². The third-order valence-electron chi connectivity index (χ3n) is 3.73. The molecular weight excluding hydrogens is 373 g/mol. The van der Waals surface area contributed by atoms with Crippen LogP contribution in [-0.2, 0) is 0 Å². The molecule has 0 aliphatic heterocycles. The van der Waals surface area contributed by atoms with Crippen LogP contribution in [0.1, 0.15) is 10.4 Å². The summed E-state index contributed by atoms with van der Waals surface area (Å²) in [5.74, 6) is 0.113. The summed E-state index contributed by atoms with van der Waals surface area (Å²) < 4.78 is 5.73. The molecule has 4 aromatic rings. The number of halogens is 2. The first-order chi connectivity index (χ1) is 12.6. The van der Waals surface area contributed by atoms with Crippen LogP contribution < -0.4 is 5.32 Å². The molecule has 0 unspecified atom stereocenters. The van der Waals surface area contributed by atoms with Crippen LogP contribution in [0.3, 0.4) is 0 Å². The maximum Gasteiger partial charge on any atom is 0.257 e. The number of amides is 1. The molecule has 0 aliphatic rings. The fraction of sp³-hybridized carbons (Fsp3) is 0. The second-order valence-electron chi connectivity index (χ2n) is 5.52. The Hall–Kier alpha value is -2.89. The largest absolute Gasteiger partial charge is 0.436 e. The highest BCUT2D eigenvalue weighted by Gasteiger charge is 2.13. The maximum atomic E-state index is 12.4. The van der Waals surface area contributed by atoms with E-state index in [0.29, 0.717) is 38.3 Å². The Morgan fingerprint density at radius 3 is 2.77 bits per heavy atom. The van der Waals surface area contributed by atoms with Crippen molar-refractivity contribution in [2.45, 2.75) is 0 Å². The molecule has 0 saturated carbocycles. The van der Waals surface area contributed by atoms with E-state index < -0.39 is 0 Å². The summed E-state index contributed by atoms with van der Waals surface area (Å²) >= 11 is 12.0. The van der Waals surface area contributed by atoms with Crippen LogP contribution in [0.2, 0.25) is 10.0 Å². The normalized spacial score (nSPS) is 10.8. The van der Waals surface area contributed by atoms with Gasteiger partial charge in [0.05, 0.1) is 16.1 Å². The van der Waals surface area contributed by atoms with Gasteiger partial charge in [-0.1, -0.05) is 23.2 Å². The number of hydrogen-bond donors (Lipinski definition) is 1. The molecule has 128 valence electrons. The Morgan fingerprint density at radius 2 is 1.96 bits per heavy atom. The molecule has 0 saturated heterocycles. The van der Waals surface area contributed by atoms with Crippen molar-refractivity contribution in [3.05, 3.63) is 76.5 Å². The molecule has 5 nitrogen and oxygen atoms in total. The second-order valence-corrected chi connectivity index (χ2v) is 6.37. The van der Waals surface area contributed by atoms with Gasteiger partial charge >= 0.3 is 0 Å². The molecule has 4 rings (SSSR count). The van der Waals surface area contributed by atoms with Crippen molar-refractivity contribution in [3.63, 3.8) is 0 Å². The third kappa shape index (κ3) is 3.27. The van der Waals surface area contributed by atoms with E-state index in [9.17, 15) is 4.79 Å². The predicted molar refractivity (Wildman–Crippen MR) is 102 cm³/mol. The van der Waals surface area contributed by atoms with Crippen LogP contribution in [0.25, 0.3) is 22.6 Å². The Balaban J connectivity index is 1.63. The van der Waals surface area contributed by atoms with E-state index in [-0.39, 0.29) is 5.91 Å². The molecule has 0 bridgehead atoms. The number of pyridine rings is 1. The molecule has 0 spiro atoms. The highest BCUT2D eigenvalue weighted by molar-refractivity contribution is 6.36. The van der Waals surface area contributed by atoms with E-state index in [1.54, 1.807) is 42.7 Å². The lowest BCUT2D eigenvalue weighted by atomic mass is 10.2. The van der Waals surface area contributed by atoms with Crippen molar-refractivity contribution < 1.29 is 9.21 Å². The summed E-state index contributed by atoms with van der Waals surface area (Å²) in [6.07, 6.45) is 3.36. The molecule has 1 amide bonds. The number of aromatic nitrogens is 2. The summed E-state index contributed by atoms with van der Waals surface area (Å²) in [4.78, 5) is 21.0. The minimum absolute atomic E-state index is 0.301. The smallest absolute Gasteiger partial charge is 0.257 e. The van der Waals surface area contributed by atoms with Gasteiger partial charge in [0.15, 0.2) is 5.58 Å². The van der Waals surface area contributed by atoms with E-state index in [4.69, 9.17) is 27.6 Å². The molecular formula is C19H11Cl2N3O2. The molecule has 0 fully saturated rings. The number of benzene rings is 2. The first kappa shape index (κ1) is 16.6. The lowest BCUT2D eigenvalue weighted by Crippen LogP contribution is -2.12. The highest BCUT2D eigenvalue weighted by atomic mass is 35.5. The number of nitrogens with one attached hydrogen (secondary N) is 1. The van der Waals surface area contributed by atoms with Gasteiger partial charge in [-0.2, -0.15) is 0 Å². The van der Waals surface area contributed by atoms with Gasteiger partial charge in [0.1, 0.15) is 5.52 Å². The number of fused-ring (bicyclic) bond motifs is 1. The summed E-state index contributed by atoms with van der Waals surface area (Å²) in [5, 5.41) is 3.56. The van der Waals surface area contributed by atoms with Crippen molar-refractivity contribution in [2.24, 2.45) is 0 Å². The molecule has 0 atom stereocenters. The fourth-order valence-electron chi connectivity index (χ4n) is 2.49. The molecule has 0 radical (unpaired) electrons. The zero-order chi connectivity index (χ0) is 18.1. The highest BCUT2D eigenvalue weighted by Crippen LogP contribution is 2.27. The number of carbonyl (C=O) groups excluding carboxylic acids is 1. The van der Waals surface area contributed by atoms with E-state index in [1.807, 2.05) is 12.1 Å². The van der Waals surface area contributed by atoms with Gasteiger partial charge < -0.3 is 9.73 Å². The Labute approximate surface area is 158 Å². The van der Waals surface area contributed by atoms with E-state index in [2.05, 4.69) is 15.3 Å². The average molecular weight is 384 g/mol. The van der Waals surface area contributed by atoms with Crippen molar-refractivity contribution in [3.8, 4) is 11.5 Å². The van der Waals surface area contributed by atoms with E-state index in [0.717, 1.165) is 5.56 Å². The van der Waals surface area contributed by atoms with Gasteiger partial charge in [-0.25, -0.2) is 4.98 Å². The van der Waals surface area contributed by atoms with Crippen LogP contribution >= 0.6 is 23.2 Å². The van der Waals surface area contributed by atoms with Gasteiger partial charge in [-0.3, -0.25) is 9.78 Å². The fourth-order valence-corrected chi connectivity index (χ4v) is 2.86. The average Bonchev–Trinajstić information content (AvgIpc) is 3.08. The standard InChI is InChI=1S/C19H11Cl2N3O2/c20-12-3-5-15(21)14(8-12)18(25)23-13-4-6-17-16(9-13)24-19(26-17)11-2-1-7-22-10-11/h1-10H,(H,23,25). The first-order valence-corrected chi connectivity index (χ1v) is 8.43. The SMILES string of the molecule is O=C(Nc1ccc2oc(-c3cccnc3)nc2c1)c1cc(Cl)ccc1Cl. The van der Waals surface area contributed by atoms with Gasteiger partial charge in [-0.15, -0.1) is 0 Å². The van der Waals surface area contributed by atoms with Gasteiger partial charge in [0, 0.05) is 23.1 Å². The van der Waals surface area contributed by atoms with Gasteiger partial charge in [0.25, 0.3) is 5.91 Å². The van der Waals surface area contributed by atoms with Crippen LogP contribution in [0.4, 0.5) is 5.69 Å². The van der Waals surface area contributed by atoms with E-state index >= 15 is 0 Å². The maximum absolute atomic E-state index is 12.4. The minimum Gasteiger partial charge on any atom is -0.436 e. The van der Waals surface area contributed by atoms with E-state index in [1.165, 1.54) is 6.07 Å². The monoisotopic (exact) mass is 383 g/mol. The van der Waals surface area contributed by atoms with Crippen molar-refractivity contribution in [1.82, 2.24) is 9.97 Å². The Bertz CT molecular complexity index is 1110. The summed E-state index contributed by atoms with van der Waals surface area (Å²) in [7, 11) is 0. The van der Waals surface area contributed by atoms with Crippen LogP contribution in [-0.4, -0.2) is 15.9 Å². The summed E-state index contributed by atoms with van der Waals surface area (Å²) in [6.45, 7) is 0. The number of rotatable bonds is 3. The molecule has 2 aromatic heterocycles. The van der Waals surface area contributed by atoms with Crippen LogP contribution in [0, 0.1) is 0 Å². The molecule has 2 heterocycles. The molecule has 1 N–H and O–H groups in total. The Kier molecular flexibility index (Phi) is 4.32. The molecule has 2 aromatic carbocycles. The lowest BCUT2D eigenvalue weighted by Gasteiger charge is -2.07. The number of anilines is 1. The summed E-state index contributed by atoms with van der Waals surface area (Å²) in [5.41, 5.74) is 2.89. The molecule has 7 heteroatoms. The zero-order valence-electron chi connectivity index (χ0n) is 13.2. The molecule has 0 aliphatic carbocycles. The van der Waals surface area contributed by atoms with Crippen molar-refractivity contribution in [1.29, 1.82) is 0 Å². The number of nitrogens with zero attached hydrogens (tertiary/aromatic N) is 2. The molecule has 26 heavy (non-hydrogen) atoms. The van der Waals surface area contributed by atoms with Crippen molar-refractivity contribution >= 4 is 45.9 Å². The first-order valence-electron chi connectivity index (χ1n) is 7.67. The summed E-state index contributed by atoms with van der Waals surface area (Å²) in [6, 6.07) is 13.6. The topological polar surface area (TPSA) is 68.0 Å². The van der Waals surface area contributed by atoms with Crippen molar-refractivity contribution in [2.75, 3.05) is 5.32 Å². The zero-order valence-corrected chi connectivity index (χ0v) is 14.8. The quantitative estimate of drug-likeness (QED) is 0.510. The Morgan fingerprint density at radius 1 is 1.08 bits per heavy atom.